The molecular weight excluding hydrogens is 208 g/mol. The van der Waals surface area contributed by atoms with E-state index < -0.39 is 15.5 Å². The maximum atomic E-state index is 10.6. The maximum absolute atomic E-state index is 10.6. The summed E-state index contributed by atoms with van der Waals surface area (Å²) in [6.45, 7) is 0. The predicted octanol–water partition coefficient (Wildman–Crippen LogP) is 0.351. The number of nitrogens with one attached hydrogen (secondary N) is 1. The first-order valence-electron chi connectivity index (χ1n) is 3.79. The largest absolute Gasteiger partial charge is 0.333 e. The zero-order valence-electron chi connectivity index (χ0n) is 7.32. The smallest absolute Gasteiger partial charge is 0.262 e. The Hall–Kier alpha value is -2.32. The summed E-state index contributed by atoms with van der Waals surface area (Å²) in [5, 5.41) is 23.2. The van der Waals surface area contributed by atoms with Gasteiger partial charge in [0.15, 0.2) is 0 Å². The minimum absolute atomic E-state index is 0.250. The Balaban J connectivity index is 2.93. The standard InChI is InChI=1S/C6H6N4O5/c11-8-7-6(10(14)15)3-1-5(2-4-6)9(12)13/h1-3H,4H2,(H,7,11). The molecule has 0 radical (unpaired) electrons. The Morgan fingerprint density at radius 1 is 1.47 bits per heavy atom. The summed E-state index contributed by atoms with van der Waals surface area (Å²) in [5.41, 5.74) is -0.350. The van der Waals surface area contributed by atoms with Crippen molar-refractivity contribution in [1.82, 2.24) is 5.43 Å². The molecule has 1 N–H and O–H groups in total. The average molecular weight is 214 g/mol. The molecule has 9 heteroatoms. The van der Waals surface area contributed by atoms with E-state index in [0.717, 1.165) is 18.2 Å². The summed E-state index contributed by atoms with van der Waals surface area (Å²) in [4.78, 5) is 29.4. The first-order chi connectivity index (χ1) is 7.02. The molecule has 1 rings (SSSR count). The second-order valence-corrected chi connectivity index (χ2v) is 2.81. The summed E-state index contributed by atoms with van der Waals surface area (Å²) >= 11 is 0. The van der Waals surface area contributed by atoms with Crippen LogP contribution in [0.4, 0.5) is 0 Å². The average Bonchev–Trinajstić information content (AvgIpc) is 2.18. The first-order valence-corrected chi connectivity index (χ1v) is 3.79. The van der Waals surface area contributed by atoms with Gasteiger partial charge in [-0.15, -0.1) is 4.91 Å². The molecule has 0 aliphatic heterocycles. The van der Waals surface area contributed by atoms with Crippen LogP contribution in [0.15, 0.2) is 29.2 Å². The fraction of sp³-hybridized carbons (Fsp3) is 0.333. The molecule has 0 aromatic rings. The molecule has 0 fully saturated rings. The third kappa shape index (κ3) is 1.95. The lowest BCUT2D eigenvalue weighted by Crippen LogP contribution is -2.48. The van der Waals surface area contributed by atoms with Crippen molar-refractivity contribution in [3.8, 4) is 0 Å². The number of allylic oxidation sites excluding steroid dienone is 1. The number of nitro groups is 2. The van der Waals surface area contributed by atoms with Crippen LogP contribution in [0.2, 0.25) is 0 Å². The molecule has 1 atom stereocenters. The first kappa shape index (κ1) is 10.8. The minimum atomic E-state index is -1.87. The Bertz CT molecular complexity index is 376. The van der Waals surface area contributed by atoms with Gasteiger partial charge >= 0.3 is 5.66 Å². The van der Waals surface area contributed by atoms with E-state index in [0.29, 0.717) is 0 Å². The summed E-state index contributed by atoms with van der Waals surface area (Å²) in [7, 11) is 0. The van der Waals surface area contributed by atoms with E-state index in [1.807, 2.05) is 0 Å². The minimum Gasteiger partial charge on any atom is -0.262 e. The highest BCUT2D eigenvalue weighted by molar-refractivity contribution is 5.21. The van der Waals surface area contributed by atoms with Gasteiger partial charge in [0.1, 0.15) is 0 Å². The van der Waals surface area contributed by atoms with Crippen LogP contribution in [0.3, 0.4) is 0 Å². The van der Waals surface area contributed by atoms with Gasteiger partial charge in [0.05, 0.1) is 21.6 Å². The van der Waals surface area contributed by atoms with Crippen molar-refractivity contribution in [2.75, 3.05) is 0 Å². The van der Waals surface area contributed by atoms with Crippen LogP contribution < -0.4 is 5.43 Å². The van der Waals surface area contributed by atoms with Gasteiger partial charge in [-0.1, -0.05) is 0 Å². The van der Waals surface area contributed by atoms with Gasteiger partial charge in [0, 0.05) is 18.2 Å². The highest BCUT2D eigenvalue weighted by Gasteiger charge is 2.42. The van der Waals surface area contributed by atoms with Gasteiger partial charge in [0.25, 0.3) is 5.70 Å². The number of hydrogen-bond donors (Lipinski definition) is 1. The summed E-state index contributed by atoms with van der Waals surface area (Å²) in [6.07, 6.45) is 2.65. The summed E-state index contributed by atoms with van der Waals surface area (Å²) < 4.78 is 0. The van der Waals surface area contributed by atoms with E-state index in [1.54, 1.807) is 5.43 Å². The number of hydrogen-bond acceptors (Lipinski definition) is 6. The predicted molar refractivity (Wildman–Crippen MR) is 47.5 cm³/mol. The number of nitroso groups, excluding NO2 is 1. The molecule has 1 unspecified atom stereocenters. The molecule has 1 aliphatic carbocycles. The Morgan fingerprint density at radius 3 is 2.47 bits per heavy atom. The molecule has 80 valence electrons. The van der Waals surface area contributed by atoms with Gasteiger partial charge in [-0.2, -0.15) is 0 Å². The van der Waals surface area contributed by atoms with Crippen LogP contribution in [-0.4, -0.2) is 15.5 Å². The van der Waals surface area contributed by atoms with Crippen molar-refractivity contribution >= 4 is 0 Å². The van der Waals surface area contributed by atoms with Crippen molar-refractivity contribution in [2.45, 2.75) is 12.1 Å². The fourth-order valence-corrected chi connectivity index (χ4v) is 1.09. The second kappa shape index (κ2) is 3.82. The quantitative estimate of drug-likeness (QED) is 0.311. The highest BCUT2D eigenvalue weighted by atomic mass is 16.6. The molecule has 0 aromatic carbocycles. The molecule has 9 nitrogen and oxygen atoms in total. The third-order valence-electron chi connectivity index (χ3n) is 1.93. The van der Waals surface area contributed by atoms with Crippen LogP contribution in [0.5, 0.6) is 0 Å². The lowest BCUT2D eigenvalue weighted by molar-refractivity contribution is -0.563. The SMILES string of the molecule is O=NNC1([N+](=O)[O-])C=CC([N+](=O)[O-])=CC1. The number of nitrogens with zero attached hydrogens (tertiary/aromatic N) is 3. The second-order valence-electron chi connectivity index (χ2n) is 2.81. The van der Waals surface area contributed by atoms with Crippen molar-refractivity contribution in [1.29, 1.82) is 0 Å². The van der Waals surface area contributed by atoms with Crippen molar-refractivity contribution in [3.05, 3.63) is 49.1 Å². The topological polar surface area (TPSA) is 128 Å². The summed E-state index contributed by atoms with van der Waals surface area (Å²) in [5.74, 6) is 0. The van der Waals surface area contributed by atoms with Crippen LogP contribution >= 0.6 is 0 Å². The van der Waals surface area contributed by atoms with Gasteiger partial charge in [-0.05, 0) is 0 Å². The third-order valence-corrected chi connectivity index (χ3v) is 1.93. The van der Waals surface area contributed by atoms with E-state index in [2.05, 4.69) is 5.29 Å². The molecule has 0 saturated carbocycles. The van der Waals surface area contributed by atoms with Gasteiger partial charge in [0.2, 0.25) is 0 Å². The van der Waals surface area contributed by atoms with E-state index in [1.165, 1.54) is 0 Å². The normalized spacial score (nSPS) is 24.1. The van der Waals surface area contributed by atoms with E-state index in [4.69, 9.17) is 0 Å². The highest BCUT2D eigenvalue weighted by Crippen LogP contribution is 2.21. The van der Waals surface area contributed by atoms with Gasteiger partial charge in [-0.3, -0.25) is 20.2 Å². The molecular formula is C6H6N4O5. The molecule has 0 saturated heterocycles. The van der Waals surface area contributed by atoms with Crippen molar-refractivity contribution < 1.29 is 9.85 Å². The van der Waals surface area contributed by atoms with Crippen LogP contribution in [0, 0.1) is 25.1 Å². The van der Waals surface area contributed by atoms with Crippen LogP contribution in [0.1, 0.15) is 6.42 Å². The fourth-order valence-electron chi connectivity index (χ4n) is 1.09. The summed E-state index contributed by atoms with van der Waals surface area (Å²) in [6, 6.07) is 0. The zero-order valence-corrected chi connectivity index (χ0v) is 7.32. The molecule has 0 bridgehead atoms. The maximum Gasteiger partial charge on any atom is 0.333 e. The van der Waals surface area contributed by atoms with Crippen molar-refractivity contribution in [3.63, 3.8) is 0 Å². The zero-order chi connectivity index (χ0) is 11.5. The lowest BCUT2D eigenvalue weighted by atomic mass is 10.0. The van der Waals surface area contributed by atoms with Gasteiger partial charge < -0.3 is 0 Å². The van der Waals surface area contributed by atoms with Crippen molar-refractivity contribution in [2.24, 2.45) is 5.29 Å². The molecule has 0 aromatic heterocycles. The van der Waals surface area contributed by atoms with E-state index in [9.17, 15) is 25.1 Å². The molecule has 0 amide bonds. The lowest BCUT2D eigenvalue weighted by Gasteiger charge is -2.19. The Kier molecular flexibility index (Phi) is 2.74. The molecule has 15 heavy (non-hydrogen) atoms. The molecule has 0 spiro atoms. The Morgan fingerprint density at radius 2 is 2.13 bits per heavy atom. The monoisotopic (exact) mass is 214 g/mol. The van der Waals surface area contributed by atoms with E-state index in [-0.39, 0.29) is 12.1 Å². The molecule has 0 heterocycles. The molecule has 1 aliphatic rings. The number of rotatable bonds is 4. The van der Waals surface area contributed by atoms with E-state index >= 15 is 0 Å². The van der Waals surface area contributed by atoms with Gasteiger partial charge in [-0.25, -0.2) is 5.43 Å². The van der Waals surface area contributed by atoms with Crippen LogP contribution in [-0.2, 0) is 0 Å². The Labute approximate surface area is 82.7 Å². The van der Waals surface area contributed by atoms with Crippen LogP contribution in [0.25, 0.3) is 0 Å².